The zero-order valence-corrected chi connectivity index (χ0v) is 4.82. The standard InChI is InChI=1S/C6H6N2O/c1-4-9-5-8-3-2-7-6(1)8/h1-4H,5H2. The zero-order chi connectivity index (χ0) is 6.10. The number of imidazole rings is 1. The first-order valence-electron chi connectivity index (χ1n) is 2.76. The number of hydrogen-bond donors (Lipinski definition) is 0. The predicted molar refractivity (Wildman–Crippen MR) is 32.3 cm³/mol. The lowest BCUT2D eigenvalue weighted by Gasteiger charge is -2.08. The lowest BCUT2D eigenvalue weighted by atomic mass is 10.5. The minimum atomic E-state index is 0.589. The third-order valence-corrected chi connectivity index (χ3v) is 1.27. The molecule has 1 aliphatic heterocycles. The molecular weight excluding hydrogens is 116 g/mol. The van der Waals surface area contributed by atoms with Crippen molar-refractivity contribution in [3.8, 4) is 0 Å². The van der Waals surface area contributed by atoms with E-state index < -0.39 is 0 Å². The molecule has 0 fully saturated rings. The van der Waals surface area contributed by atoms with Crippen molar-refractivity contribution in [2.75, 3.05) is 0 Å². The van der Waals surface area contributed by atoms with Crippen molar-refractivity contribution >= 4 is 6.08 Å². The van der Waals surface area contributed by atoms with Gasteiger partial charge in [0.05, 0.1) is 6.26 Å². The van der Waals surface area contributed by atoms with Crippen LogP contribution >= 0.6 is 0 Å². The van der Waals surface area contributed by atoms with E-state index in [-0.39, 0.29) is 0 Å². The summed E-state index contributed by atoms with van der Waals surface area (Å²) in [6.07, 6.45) is 7.14. The first-order chi connectivity index (χ1) is 4.47. The van der Waals surface area contributed by atoms with Crippen LogP contribution in [0.25, 0.3) is 6.08 Å². The van der Waals surface area contributed by atoms with Gasteiger partial charge in [0.15, 0.2) is 6.73 Å². The summed E-state index contributed by atoms with van der Waals surface area (Å²) in [6.45, 7) is 0.589. The van der Waals surface area contributed by atoms with E-state index in [9.17, 15) is 0 Å². The fraction of sp³-hybridized carbons (Fsp3) is 0.167. The van der Waals surface area contributed by atoms with Gasteiger partial charge in [0, 0.05) is 18.5 Å². The molecule has 1 aromatic heterocycles. The van der Waals surface area contributed by atoms with Gasteiger partial charge in [-0.25, -0.2) is 4.98 Å². The highest BCUT2D eigenvalue weighted by atomic mass is 16.5. The van der Waals surface area contributed by atoms with Gasteiger partial charge in [0.1, 0.15) is 5.82 Å². The van der Waals surface area contributed by atoms with E-state index in [1.807, 2.05) is 16.8 Å². The second-order valence-electron chi connectivity index (χ2n) is 1.85. The molecule has 46 valence electrons. The maximum atomic E-state index is 5.00. The van der Waals surface area contributed by atoms with Gasteiger partial charge in [0.25, 0.3) is 0 Å². The minimum absolute atomic E-state index is 0.589. The fourth-order valence-corrected chi connectivity index (χ4v) is 0.821. The Morgan fingerprint density at radius 2 is 2.67 bits per heavy atom. The van der Waals surface area contributed by atoms with Gasteiger partial charge in [-0.2, -0.15) is 0 Å². The molecule has 0 saturated heterocycles. The third kappa shape index (κ3) is 0.614. The monoisotopic (exact) mass is 122 g/mol. The Labute approximate surface area is 52.6 Å². The maximum Gasteiger partial charge on any atom is 0.165 e. The summed E-state index contributed by atoms with van der Waals surface area (Å²) in [5, 5.41) is 0. The van der Waals surface area contributed by atoms with Crippen molar-refractivity contribution in [3.63, 3.8) is 0 Å². The van der Waals surface area contributed by atoms with Crippen molar-refractivity contribution in [1.82, 2.24) is 9.55 Å². The topological polar surface area (TPSA) is 27.1 Å². The van der Waals surface area contributed by atoms with Crippen LogP contribution in [-0.2, 0) is 11.5 Å². The van der Waals surface area contributed by atoms with Gasteiger partial charge < -0.3 is 4.74 Å². The Balaban J connectivity index is 2.53. The summed E-state index contributed by atoms with van der Waals surface area (Å²) >= 11 is 0. The SMILES string of the molecule is C1=Cc2nccn2CO1. The van der Waals surface area contributed by atoms with Crippen molar-refractivity contribution in [3.05, 3.63) is 24.5 Å². The van der Waals surface area contributed by atoms with Gasteiger partial charge in [0.2, 0.25) is 0 Å². The van der Waals surface area contributed by atoms with Crippen LogP contribution in [0.15, 0.2) is 18.7 Å². The molecule has 0 aliphatic carbocycles. The quantitative estimate of drug-likeness (QED) is 0.510. The first-order valence-corrected chi connectivity index (χ1v) is 2.76. The highest BCUT2D eigenvalue weighted by molar-refractivity contribution is 5.39. The Morgan fingerprint density at radius 1 is 1.67 bits per heavy atom. The molecule has 3 nitrogen and oxygen atoms in total. The molecule has 2 heterocycles. The summed E-state index contributed by atoms with van der Waals surface area (Å²) < 4.78 is 6.93. The van der Waals surface area contributed by atoms with Crippen molar-refractivity contribution in [2.24, 2.45) is 0 Å². The van der Waals surface area contributed by atoms with Crippen molar-refractivity contribution < 1.29 is 4.74 Å². The smallest absolute Gasteiger partial charge is 0.165 e. The molecule has 0 amide bonds. The second-order valence-corrected chi connectivity index (χ2v) is 1.85. The molecule has 0 radical (unpaired) electrons. The molecule has 1 aliphatic rings. The highest BCUT2D eigenvalue weighted by Gasteiger charge is 2.00. The Morgan fingerprint density at radius 3 is 3.56 bits per heavy atom. The molecule has 0 unspecified atom stereocenters. The molecule has 3 heteroatoms. The van der Waals surface area contributed by atoms with E-state index in [0.29, 0.717) is 6.73 Å². The van der Waals surface area contributed by atoms with E-state index in [1.165, 1.54) is 0 Å². The lowest BCUT2D eigenvalue weighted by Crippen LogP contribution is -2.03. The number of aromatic nitrogens is 2. The van der Waals surface area contributed by atoms with Crippen LogP contribution in [0.3, 0.4) is 0 Å². The number of ether oxygens (including phenoxy) is 1. The maximum absolute atomic E-state index is 5.00. The lowest BCUT2D eigenvalue weighted by molar-refractivity contribution is 0.169. The summed E-state index contributed by atoms with van der Waals surface area (Å²) in [4.78, 5) is 4.05. The number of rotatable bonds is 0. The molecule has 1 aromatic rings. The summed E-state index contributed by atoms with van der Waals surface area (Å²) in [5.41, 5.74) is 0. The summed E-state index contributed by atoms with van der Waals surface area (Å²) in [6, 6.07) is 0. The van der Waals surface area contributed by atoms with E-state index in [4.69, 9.17) is 4.74 Å². The fourth-order valence-electron chi connectivity index (χ4n) is 0.821. The molecule has 0 saturated carbocycles. The van der Waals surface area contributed by atoms with Gasteiger partial charge in [-0.15, -0.1) is 0 Å². The van der Waals surface area contributed by atoms with E-state index in [2.05, 4.69) is 4.98 Å². The van der Waals surface area contributed by atoms with Crippen LogP contribution in [0.5, 0.6) is 0 Å². The number of hydrogen-bond acceptors (Lipinski definition) is 2. The van der Waals surface area contributed by atoms with Gasteiger partial charge in [-0.3, -0.25) is 4.57 Å². The van der Waals surface area contributed by atoms with E-state index >= 15 is 0 Å². The van der Waals surface area contributed by atoms with Crippen LogP contribution < -0.4 is 0 Å². The van der Waals surface area contributed by atoms with Crippen molar-refractivity contribution in [1.29, 1.82) is 0 Å². The average Bonchev–Trinajstić information content (AvgIpc) is 2.33. The molecule has 0 bridgehead atoms. The van der Waals surface area contributed by atoms with Crippen LogP contribution in [0.4, 0.5) is 0 Å². The van der Waals surface area contributed by atoms with Gasteiger partial charge in [-0.1, -0.05) is 0 Å². The highest BCUT2D eigenvalue weighted by Crippen LogP contribution is 2.05. The molecule has 0 N–H and O–H groups in total. The first kappa shape index (κ1) is 4.61. The van der Waals surface area contributed by atoms with Gasteiger partial charge >= 0.3 is 0 Å². The third-order valence-electron chi connectivity index (χ3n) is 1.27. The average molecular weight is 122 g/mol. The molecule has 2 rings (SSSR count). The largest absolute Gasteiger partial charge is 0.480 e. The van der Waals surface area contributed by atoms with Crippen LogP contribution in [0.1, 0.15) is 5.82 Å². The van der Waals surface area contributed by atoms with Gasteiger partial charge in [-0.05, 0) is 0 Å². The summed E-state index contributed by atoms with van der Waals surface area (Å²) in [7, 11) is 0. The van der Waals surface area contributed by atoms with Crippen molar-refractivity contribution in [2.45, 2.75) is 6.73 Å². The Kier molecular flexibility index (Phi) is 0.828. The second kappa shape index (κ2) is 1.62. The number of nitrogens with zero attached hydrogens (tertiary/aromatic N) is 2. The predicted octanol–water partition coefficient (Wildman–Crippen LogP) is 0.841. The molecule has 0 atom stereocenters. The zero-order valence-electron chi connectivity index (χ0n) is 4.82. The summed E-state index contributed by atoms with van der Waals surface area (Å²) in [5.74, 6) is 0.959. The molecule has 0 spiro atoms. The van der Waals surface area contributed by atoms with E-state index in [0.717, 1.165) is 5.82 Å². The molecule has 0 aromatic carbocycles. The van der Waals surface area contributed by atoms with Crippen LogP contribution in [0, 0.1) is 0 Å². The minimum Gasteiger partial charge on any atom is -0.480 e. The Hall–Kier alpha value is -1.25. The Bertz CT molecular complexity index is 239. The normalized spacial score (nSPS) is 14.7. The van der Waals surface area contributed by atoms with Crippen LogP contribution in [0.2, 0.25) is 0 Å². The molecular formula is C6H6N2O. The molecule has 9 heavy (non-hydrogen) atoms. The van der Waals surface area contributed by atoms with Crippen LogP contribution in [-0.4, -0.2) is 9.55 Å². The van der Waals surface area contributed by atoms with E-state index in [1.54, 1.807) is 12.5 Å². The number of fused-ring (bicyclic) bond motifs is 1.